The molecular weight excluding hydrogens is 473 g/mol. The molecule has 2 aromatic carbocycles. The summed E-state index contributed by atoms with van der Waals surface area (Å²) in [5.74, 6) is 0.0512. The maximum Gasteiger partial charge on any atom is 0.417 e. The number of rotatable bonds is 9. The molecule has 186 valence electrons. The van der Waals surface area contributed by atoms with E-state index in [1.807, 2.05) is 42.5 Å². The maximum atomic E-state index is 13.5. The number of ketones is 1. The van der Waals surface area contributed by atoms with Crippen LogP contribution in [-0.2, 0) is 11.0 Å². The lowest BCUT2D eigenvalue weighted by atomic mass is 9.88. The first kappa shape index (κ1) is 24.9. The average Bonchev–Trinajstić information content (AvgIpc) is 3.41. The fourth-order valence-corrected chi connectivity index (χ4v) is 3.34. The number of Topliss-reactive ketones (excluding diaryl/α,β-unsaturated/α-hetero) is 1. The third kappa shape index (κ3) is 5.88. The lowest BCUT2D eigenvalue weighted by Gasteiger charge is -2.28. The summed E-state index contributed by atoms with van der Waals surface area (Å²) in [5, 5.41) is 4.06. The van der Waals surface area contributed by atoms with Gasteiger partial charge < -0.3 is 9.47 Å². The Labute approximate surface area is 205 Å². The Morgan fingerprint density at radius 2 is 1.67 bits per heavy atom. The Kier molecular flexibility index (Phi) is 7.05. The first-order chi connectivity index (χ1) is 17.1. The van der Waals surface area contributed by atoms with Crippen LogP contribution in [0.15, 0.2) is 85.6 Å². The molecule has 4 aromatic rings. The van der Waals surface area contributed by atoms with Crippen LogP contribution in [0.2, 0.25) is 0 Å². The van der Waals surface area contributed by atoms with Crippen LogP contribution in [0.5, 0.6) is 11.6 Å². The van der Waals surface area contributed by atoms with E-state index in [4.69, 9.17) is 9.47 Å². The zero-order valence-corrected chi connectivity index (χ0v) is 19.5. The number of pyridine rings is 1. The van der Waals surface area contributed by atoms with E-state index >= 15 is 0 Å². The van der Waals surface area contributed by atoms with E-state index in [9.17, 15) is 18.0 Å². The predicted molar refractivity (Wildman–Crippen MR) is 125 cm³/mol. The van der Waals surface area contributed by atoms with Gasteiger partial charge in [0.1, 0.15) is 25.0 Å². The molecule has 1 atom stereocenters. The Bertz CT molecular complexity index is 1280. The standard InChI is InChI=1S/C26H23F3N4O3/c1-25(2,15-35-22-13-10-20(14-31-22)26(27,28)29)23(34)24(33-17-30-16-32-33)36-21-11-8-19(9-12-21)18-6-4-3-5-7-18/h3-14,16-17,24H,15H2,1-2H3. The molecule has 0 N–H and O–H groups in total. The second-order valence-corrected chi connectivity index (χ2v) is 8.66. The van der Waals surface area contributed by atoms with Crippen molar-refractivity contribution in [2.75, 3.05) is 6.61 Å². The van der Waals surface area contributed by atoms with Crippen LogP contribution in [-0.4, -0.2) is 32.1 Å². The predicted octanol–water partition coefficient (Wildman–Crippen LogP) is 5.61. The Hall–Kier alpha value is -4.21. The van der Waals surface area contributed by atoms with Crippen molar-refractivity contribution in [3.8, 4) is 22.8 Å². The van der Waals surface area contributed by atoms with Gasteiger partial charge >= 0.3 is 6.18 Å². The summed E-state index contributed by atoms with van der Waals surface area (Å²) < 4.78 is 51.1. The van der Waals surface area contributed by atoms with Crippen molar-refractivity contribution < 1.29 is 27.4 Å². The maximum absolute atomic E-state index is 13.5. The minimum absolute atomic E-state index is 0.0291. The van der Waals surface area contributed by atoms with Crippen molar-refractivity contribution in [3.63, 3.8) is 0 Å². The molecule has 1 unspecified atom stereocenters. The van der Waals surface area contributed by atoms with E-state index in [2.05, 4.69) is 15.1 Å². The van der Waals surface area contributed by atoms with Gasteiger partial charge in [0.15, 0.2) is 0 Å². The minimum Gasteiger partial charge on any atom is -0.477 e. The number of nitrogens with zero attached hydrogens (tertiary/aromatic N) is 4. The summed E-state index contributed by atoms with van der Waals surface area (Å²) in [7, 11) is 0. The van der Waals surface area contributed by atoms with Crippen LogP contribution in [0.1, 0.15) is 25.6 Å². The molecule has 0 spiro atoms. The first-order valence-electron chi connectivity index (χ1n) is 11.0. The van der Waals surface area contributed by atoms with Gasteiger partial charge in [0.2, 0.25) is 11.7 Å². The van der Waals surface area contributed by atoms with Crippen LogP contribution in [0.3, 0.4) is 0 Å². The van der Waals surface area contributed by atoms with E-state index < -0.39 is 23.4 Å². The highest BCUT2D eigenvalue weighted by Crippen LogP contribution is 2.31. The quantitative estimate of drug-likeness (QED) is 0.300. The summed E-state index contributed by atoms with van der Waals surface area (Å²) in [5.41, 5.74) is 0.0425. The molecule has 0 amide bonds. The summed E-state index contributed by atoms with van der Waals surface area (Å²) in [6, 6.07) is 19.1. The second kappa shape index (κ2) is 10.2. The highest BCUT2D eigenvalue weighted by molar-refractivity contribution is 5.87. The fraction of sp³-hybridized carbons (Fsp3) is 0.231. The molecular formula is C26H23F3N4O3. The van der Waals surface area contributed by atoms with E-state index in [0.717, 1.165) is 23.3 Å². The lowest BCUT2D eigenvalue weighted by Crippen LogP contribution is -2.40. The summed E-state index contributed by atoms with van der Waals surface area (Å²) >= 11 is 0. The van der Waals surface area contributed by atoms with Crippen LogP contribution < -0.4 is 9.47 Å². The lowest BCUT2D eigenvalue weighted by molar-refractivity contribution is -0.140. The summed E-state index contributed by atoms with van der Waals surface area (Å²) in [6.45, 7) is 3.14. The molecule has 10 heteroatoms. The third-order valence-corrected chi connectivity index (χ3v) is 5.42. The zero-order valence-electron chi connectivity index (χ0n) is 19.5. The fourth-order valence-electron chi connectivity index (χ4n) is 3.34. The third-order valence-electron chi connectivity index (χ3n) is 5.42. The van der Waals surface area contributed by atoms with Gasteiger partial charge in [-0.3, -0.25) is 4.79 Å². The number of hydrogen-bond donors (Lipinski definition) is 0. The molecule has 4 rings (SSSR count). The van der Waals surface area contributed by atoms with Gasteiger partial charge in [-0.25, -0.2) is 14.6 Å². The molecule has 0 fully saturated rings. The van der Waals surface area contributed by atoms with Gasteiger partial charge in [0.05, 0.1) is 11.0 Å². The van der Waals surface area contributed by atoms with E-state index in [0.29, 0.717) is 11.9 Å². The average molecular weight is 496 g/mol. The van der Waals surface area contributed by atoms with Gasteiger partial charge in [-0.1, -0.05) is 42.5 Å². The number of hydrogen-bond acceptors (Lipinski definition) is 6. The number of halogens is 3. The largest absolute Gasteiger partial charge is 0.477 e. The molecule has 0 saturated heterocycles. The number of ether oxygens (including phenoxy) is 2. The Morgan fingerprint density at radius 3 is 2.25 bits per heavy atom. The first-order valence-corrected chi connectivity index (χ1v) is 11.0. The van der Waals surface area contributed by atoms with Crippen molar-refractivity contribution in [1.82, 2.24) is 19.7 Å². The van der Waals surface area contributed by atoms with Gasteiger partial charge in [-0.05, 0) is 43.2 Å². The van der Waals surface area contributed by atoms with Crippen LogP contribution in [0, 0.1) is 5.41 Å². The highest BCUT2D eigenvalue weighted by atomic mass is 19.4. The van der Waals surface area contributed by atoms with Crippen molar-refractivity contribution in [2.24, 2.45) is 5.41 Å². The van der Waals surface area contributed by atoms with Crippen molar-refractivity contribution in [3.05, 3.63) is 91.1 Å². The zero-order chi connectivity index (χ0) is 25.8. The monoisotopic (exact) mass is 496 g/mol. The number of benzene rings is 2. The SMILES string of the molecule is CC(C)(COc1ccc(C(F)(F)F)cn1)C(=O)C(Oc1ccc(-c2ccccc2)cc1)n1cncn1. The van der Waals surface area contributed by atoms with Crippen LogP contribution in [0.25, 0.3) is 11.1 Å². The molecule has 2 aromatic heterocycles. The van der Waals surface area contributed by atoms with E-state index in [1.165, 1.54) is 17.3 Å². The van der Waals surface area contributed by atoms with Crippen LogP contribution >= 0.6 is 0 Å². The Balaban J connectivity index is 1.48. The Morgan fingerprint density at radius 1 is 0.972 bits per heavy atom. The normalized spacial score (nSPS) is 12.7. The number of carbonyl (C=O) groups is 1. The van der Waals surface area contributed by atoms with Gasteiger partial charge in [0.25, 0.3) is 6.23 Å². The number of carbonyl (C=O) groups excluding carboxylic acids is 1. The molecule has 7 nitrogen and oxygen atoms in total. The smallest absolute Gasteiger partial charge is 0.417 e. The summed E-state index contributed by atoms with van der Waals surface area (Å²) in [6.07, 6.45) is -2.30. The van der Waals surface area contributed by atoms with E-state index in [1.54, 1.807) is 26.0 Å². The van der Waals surface area contributed by atoms with Gasteiger partial charge in [-0.15, -0.1) is 0 Å². The molecule has 2 heterocycles. The molecule has 0 saturated carbocycles. The van der Waals surface area contributed by atoms with Gasteiger partial charge in [-0.2, -0.15) is 18.3 Å². The molecule has 36 heavy (non-hydrogen) atoms. The minimum atomic E-state index is -4.50. The highest BCUT2D eigenvalue weighted by Gasteiger charge is 2.38. The van der Waals surface area contributed by atoms with Gasteiger partial charge in [0, 0.05) is 12.3 Å². The molecule has 0 bridgehead atoms. The second-order valence-electron chi connectivity index (χ2n) is 8.66. The van der Waals surface area contributed by atoms with Crippen LogP contribution in [0.4, 0.5) is 13.2 Å². The van der Waals surface area contributed by atoms with E-state index in [-0.39, 0.29) is 18.3 Å². The molecule has 0 aliphatic carbocycles. The van der Waals surface area contributed by atoms with Crippen molar-refractivity contribution >= 4 is 5.78 Å². The van der Waals surface area contributed by atoms with Crippen molar-refractivity contribution in [1.29, 1.82) is 0 Å². The molecule has 0 aliphatic heterocycles. The number of aromatic nitrogens is 4. The van der Waals surface area contributed by atoms with Crippen molar-refractivity contribution in [2.45, 2.75) is 26.3 Å². The molecule has 0 radical (unpaired) electrons. The topological polar surface area (TPSA) is 79.1 Å². The number of alkyl halides is 3. The molecule has 0 aliphatic rings. The summed E-state index contributed by atoms with van der Waals surface area (Å²) in [4.78, 5) is 21.1.